The van der Waals surface area contributed by atoms with E-state index in [-0.39, 0.29) is 16.1 Å². The van der Waals surface area contributed by atoms with Gasteiger partial charge in [-0.25, -0.2) is 4.57 Å². The van der Waals surface area contributed by atoms with Crippen molar-refractivity contribution < 1.29 is 9.36 Å². The molecule has 0 aliphatic heterocycles. The highest BCUT2D eigenvalue weighted by Crippen LogP contribution is 2.34. The summed E-state index contributed by atoms with van der Waals surface area (Å²) in [5.74, 6) is 0.221. The maximum atomic E-state index is 11.6. The molecule has 1 amide bonds. The molecule has 0 bridgehead atoms. The van der Waals surface area contributed by atoms with Crippen LogP contribution in [0.25, 0.3) is 21.8 Å². The number of rotatable bonds is 4. The number of amides is 1. The lowest BCUT2D eigenvalue weighted by atomic mass is 10.1. The average Bonchev–Trinajstić information content (AvgIpc) is 2.80. The molecule has 0 aliphatic carbocycles. The summed E-state index contributed by atoms with van der Waals surface area (Å²) < 4.78 is 1.90. The van der Waals surface area contributed by atoms with Crippen molar-refractivity contribution in [2.75, 3.05) is 17.6 Å². The van der Waals surface area contributed by atoms with Gasteiger partial charge in [0.1, 0.15) is 11.4 Å². The van der Waals surface area contributed by atoms with E-state index in [2.05, 4.69) is 17.2 Å². The number of anilines is 2. The standard InChI is InChI=1S/C15H17ClN6O/c1-3-4-20-15-6-5-7(14(19)23)21-12-8(6)13(22(15)2)11(18)9(16)10(12)17/h5H,3-4H2,1-2H3,(H6,17,18,19,20,23)/p+1. The summed E-state index contributed by atoms with van der Waals surface area (Å²) in [6.45, 7) is 2.83. The van der Waals surface area contributed by atoms with Crippen LogP contribution in [0.15, 0.2) is 6.07 Å². The third-order valence-corrected chi connectivity index (χ3v) is 4.39. The molecule has 1 aromatic carbocycles. The zero-order chi connectivity index (χ0) is 16.9. The van der Waals surface area contributed by atoms with E-state index in [4.69, 9.17) is 28.5 Å². The fourth-order valence-corrected chi connectivity index (χ4v) is 3.10. The molecule has 0 radical (unpaired) electrons. The van der Waals surface area contributed by atoms with Crippen LogP contribution in [0.5, 0.6) is 0 Å². The third-order valence-electron chi connectivity index (χ3n) is 4.00. The molecule has 0 saturated heterocycles. The molecule has 0 saturated carbocycles. The van der Waals surface area contributed by atoms with Crippen LogP contribution in [0.3, 0.4) is 0 Å². The molecule has 0 spiro atoms. The summed E-state index contributed by atoms with van der Waals surface area (Å²) in [4.78, 5) is 14.5. The molecule has 8 heteroatoms. The molecule has 3 rings (SSSR count). The number of halogens is 1. The van der Waals surface area contributed by atoms with Gasteiger partial charge in [-0.3, -0.25) is 15.5 Å². The first-order valence-electron chi connectivity index (χ1n) is 7.25. The molecule has 2 heterocycles. The quantitative estimate of drug-likeness (QED) is 0.364. The Morgan fingerprint density at radius 2 is 2.22 bits per heavy atom. The van der Waals surface area contributed by atoms with Gasteiger partial charge >= 0.3 is 0 Å². The number of hydrogen-bond acceptors (Lipinski definition) is 4. The number of aromatic amines is 1. The number of aromatic nitrogens is 2. The number of pyridine rings is 1. The van der Waals surface area contributed by atoms with Gasteiger partial charge in [0.15, 0.2) is 5.52 Å². The molecule has 0 atom stereocenters. The second-order valence-electron chi connectivity index (χ2n) is 5.50. The lowest BCUT2D eigenvalue weighted by Crippen LogP contribution is -2.31. The van der Waals surface area contributed by atoms with E-state index >= 15 is 0 Å². The van der Waals surface area contributed by atoms with Crippen LogP contribution in [0.1, 0.15) is 23.8 Å². The predicted molar refractivity (Wildman–Crippen MR) is 90.7 cm³/mol. The molecule has 3 aromatic rings. The summed E-state index contributed by atoms with van der Waals surface area (Å²) in [6, 6.07) is 1.68. The molecule has 7 nitrogen and oxygen atoms in total. The lowest BCUT2D eigenvalue weighted by molar-refractivity contribution is -0.627. The van der Waals surface area contributed by atoms with E-state index in [1.54, 1.807) is 6.07 Å². The van der Waals surface area contributed by atoms with Crippen LogP contribution < -0.4 is 26.7 Å². The van der Waals surface area contributed by atoms with Gasteiger partial charge in [0.25, 0.3) is 11.7 Å². The van der Waals surface area contributed by atoms with Gasteiger partial charge in [0, 0.05) is 0 Å². The third kappa shape index (κ3) is 2.08. The minimum atomic E-state index is -0.596. The van der Waals surface area contributed by atoms with Gasteiger partial charge in [-0.15, -0.1) is 0 Å². The van der Waals surface area contributed by atoms with Gasteiger partial charge in [-0.2, -0.15) is 0 Å². The van der Waals surface area contributed by atoms with Crippen molar-refractivity contribution >= 4 is 50.8 Å². The van der Waals surface area contributed by atoms with E-state index < -0.39 is 5.91 Å². The molecular formula is C15H18ClN6O+. The van der Waals surface area contributed by atoms with E-state index in [0.29, 0.717) is 11.2 Å². The van der Waals surface area contributed by atoms with E-state index in [9.17, 15) is 4.79 Å². The first kappa shape index (κ1) is 15.4. The van der Waals surface area contributed by atoms with Crippen molar-refractivity contribution in [3.05, 3.63) is 22.1 Å². The SMILES string of the molecule is CCCNc1c2cc(C(N)=O)[nH]c3c(=N)c(Cl)c(N)c(c23)[n+]1C. The molecule has 0 unspecified atom stereocenters. The number of benzene rings is 1. The molecule has 0 fully saturated rings. The Bertz CT molecular complexity index is 993. The van der Waals surface area contributed by atoms with E-state index in [1.807, 2.05) is 11.6 Å². The highest BCUT2D eigenvalue weighted by Gasteiger charge is 2.27. The van der Waals surface area contributed by atoms with Gasteiger partial charge in [-0.05, 0) is 12.5 Å². The number of carbonyl (C=O) groups excluding carboxylic acids is 1. The number of H-pyrrole nitrogens is 1. The first-order chi connectivity index (χ1) is 10.9. The summed E-state index contributed by atoms with van der Waals surface area (Å²) in [5, 5.41) is 13.3. The number of primary amides is 1. The molecule has 0 aliphatic rings. The number of nitrogens with one attached hydrogen (secondary N) is 3. The number of nitrogens with two attached hydrogens (primary N) is 2. The Kier molecular flexibility index (Phi) is 3.52. The Balaban J connectivity index is 2.56. The monoisotopic (exact) mass is 333 g/mol. The first-order valence-corrected chi connectivity index (χ1v) is 7.63. The van der Waals surface area contributed by atoms with E-state index in [1.165, 1.54) is 0 Å². The van der Waals surface area contributed by atoms with E-state index in [0.717, 1.165) is 35.1 Å². The Morgan fingerprint density at radius 1 is 1.52 bits per heavy atom. The highest BCUT2D eigenvalue weighted by molar-refractivity contribution is 6.36. The van der Waals surface area contributed by atoms with Crippen molar-refractivity contribution in [3.8, 4) is 0 Å². The van der Waals surface area contributed by atoms with Gasteiger partial charge in [0.05, 0.1) is 40.3 Å². The van der Waals surface area contributed by atoms with Gasteiger partial charge in [-0.1, -0.05) is 18.5 Å². The molecule has 23 heavy (non-hydrogen) atoms. The largest absolute Gasteiger partial charge is 0.394 e. The van der Waals surface area contributed by atoms with Crippen LogP contribution in [0, 0.1) is 5.41 Å². The van der Waals surface area contributed by atoms with Crippen molar-refractivity contribution in [3.63, 3.8) is 0 Å². The second-order valence-corrected chi connectivity index (χ2v) is 5.87. The Morgan fingerprint density at radius 3 is 2.83 bits per heavy atom. The Hall–Kier alpha value is -2.54. The highest BCUT2D eigenvalue weighted by atomic mass is 35.5. The van der Waals surface area contributed by atoms with Crippen LogP contribution in [0.2, 0.25) is 5.02 Å². The zero-order valence-corrected chi connectivity index (χ0v) is 13.6. The van der Waals surface area contributed by atoms with Crippen molar-refractivity contribution in [2.24, 2.45) is 12.8 Å². The minimum Gasteiger partial charge on any atom is -0.394 e. The van der Waals surface area contributed by atoms with Crippen molar-refractivity contribution in [1.29, 1.82) is 5.41 Å². The molecule has 7 N–H and O–H groups in total. The van der Waals surface area contributed by atoms with Gasteiger partial charge in [0.2, 0.25) is 0 Å². The summed E-state index contributed by atoms with van der Waals surface area (Å²) in [7, 11) is 1.87. The zero-order valence-electron chi connectivity index (χ0n) is 12.9. The fraction of sp³-hybridized carbons (Fsp3) is 0.267. The van der Waals surface area contributed by atoms with Crippen LogP contribution >= 0.6 is 11.6 Å². The number of aryl methyl sites for hydroxylation is 1. The number of carbonyl (C=O) groups is 1. The topological polar surface area (TPSA) is 125 Å². The van der Waals surface area contributed by atoms with Crippen LogP contribution in [-0.2, 0) is 7.05 Å². The van der Waals surface area contributed by atoms with Gasteiger partial charge < -0.3 is 16.5 Å². The summed E-state index contributed by atoms with van der Waals surface area (Å²) in [5.41, 5.74) is 13.3. The molecular weight excluding hydrogens is 316 g/mol. The number of hydrogen-bond donors (Lipinski definition) is 5. The fourth-order valence-electron chi connectivity index (χ4n) is 2.92. The smallest absolute Gasteiger partial charge is 0.283 e. The maximum Gasteiger partial charge on any atom is 0.283 e. The molecule has 120 valence electrons. The maximum absolute atomic E-state index is 11.6. The second kappa shape index (κ2) is 5.27. The summed E-state index contributed by atoms with van der Waals surface area (Å²) >= 11 is 6.21. The predicted octanol–water partition coefficient (Wildman–Crippen LogP) is 1.22. The van der Waals surface area contributed by atoms with Crippen molar-refractivity contribution in [1.82, 2.24) is 4.98 Å². The molecule has 2 aromatic heterocycles. The lowest BCUT2D eigenvalue weighted by Gasteiger charge is -2.05. The average molecular weight is 334 g/mol. The van der Waals surface area contributed by atoms with Crippen molar-refractivity contribution in [2.45, 2.75) is 13.3 Å². The van der Waals surface area contributed by atoms with Crippen LogP contribution in [0.4, 0.5) is 11.5 Å². The minimum absolute atomic E-state index is 0.0532. The number of nitrogen functional groups attached to an aromatic ring is 1. The summed E-state index contributed by atoms with van der Waals surface area (Å²) in [6.07, 6.45) is 0.943. The Labute approximate surface area is 137 Å². The normalized spacial score (nSPS) is 11.4. The van der Waals surface area contributed by atoms with Crippen LogP contribution in [-0.4, -0.2) is 17.4 Å². The number of nitrogens with zero attached hydrogens (tertiary/aromatic N) is 1.